The first-order chi connectivity index (χ1) is 11.6. The Bertz CT molecular complexity index is 520. The maximum atomic E-state index is 11.1. The third kappa shape index (κ3) is 3.45. The van der Waals surface area contributed by atoms with Crippen LogP contribution >= 0.6 is 0 Å². The molecule has 2 saturated carbocycles. The molecule has 0 bridgehead atoms. The van der Waals surface area contributed by atoms with Crippen molar-refractivity contribution in [2.24, 2.45) is 11.8 Å². The zero-order chi connectivity index (χ0) is 17.0. The summed E-state index contributed by atoms with van der Waals surface area (Å²) in [4.78, 5) is 0. The molecule has 0 unspecified atom stereocenters. The average Bonchev–Trinajstić information content (AvgIpc) is 2.64. The molecule has 1 N–H and O–H groups in total. The van der Waals surface area contributed by atoms with Crippen LogP contribution in [0.5, 0.6) is 0 Å². The van der Waals surface area contributed by atoms with Crippen LogP contribution in [0.15, 0.2) is 43.0 Å². The minimum absolute atomic E-state index is 0.0276. The van der Waals surface area contributed by atoms with E-state index in [1.807, 2.05) is 25.3 Å². The number of ether oxygens (including phenoxy) is 1. The summed E-state index contributed by atoms with van der Waals surface area (Å²) in [5.41, 5.74) is 0.355. The lowest BCUT2D eigenvalue weighted by molar-refractivity contribution is -0.139. The van der Waals surface area contributed by atoms with Crippen LogP contribution in [0.4, 0.5) is 0 Å². The zero-order valence-electron chi connectivity index (χ0n) is 15.0. The fraction of sp³-hybridized carbons (Fsp3) is 0.636. The van der Waals surface area contributed by atoms with Crippen LogP contribution in [0.3, 0.4) is 0 Å². The molecule has 0 aliphatic heterocycles. The summed E-state index contributed by atoms with van der Waals surface area (Å²) in [6.07, 6.45) is 11.9. The van der Waals surface area contributed by atoms with Gasteiger partial charge in [-0.1, -0.05) is 36.4 Å². The van der Waals surface area contributed by atoms with Crippen molar-refractivity contribution in [3.8, 4) is 0 Å². The van der Waals surface area contributed by atoms with E-state index >= 15 is 0 Å². The number of aliphatic hydroxyl groups is 1. The molecule has 2 fully saturated rings. The fourth-order valence-corrected chi connectivity index (χ4v) is 5.06. The summed E-state index contributed by atoms with van der Waals surface area (Å²) < 4.78 is 6.11. The molecule has 0 aromatic heterocycles. The van der Waals surface area contributed by atoms with Crippen LogP contribution in [-0.2, 0) is 10.3 Å². The number of allylic oxidation sites excluding steroid dienone is 1. The first-order valence-corrected chi connectivity index (χ1v) is 9.56. The van der Waals surface area contributed by atoms with E-state index in [0.717, 1.165) is 43.6 Å². The Kier molecular flexibility index (Phi) is 5.46. The first-order valence-electron chi connectivity index (χ1n) is 9.56. The predicted molar refractivity (Wildman–Crippen MR) is 98.8 cm³/mol. The van der Waals surface area contributed by atoms with Gasteiger partial charge in [0.05, 0.1) is 11.2 Å². The van der Waals surface area contributed by atoms with Crippen LogP contribution in [0.1, 0.15) is 63.4 Å². The second-order valence-electron chi connectivity index (χ2n) is 7.91. The average molecular weight is 328 g/mol. The Labute approximate surface area is 146 Å². The van der Waals surface area contributed by atoms with Crippen LogP contribution in [0.25, 0.3) is 0 Å². The van der Waals surface area contributed by atoms with Crippen LogP contribution in [-0.4, -0.2) is 17.8 Å². The standard InChI is InChI=1S/C22H32O2/c1-3-7-18-10-12-20(13-11-18)22(24-2)16-14-21(23,15-17-22)19-8-5-4-6-9-19/h3-6,8-9,18,20,23H,1,7,10-17H2,2H3. The van der Waals surface area contributed by atoms with Crippen molar-refractivity contribution in [3.63, 3.8) is 0 Å². The molecule has 3 rings (SSSR count). The predicted octanol–water partition coefficient (Wildman–Crippen LogP) is 5.22. The normalized spacial score (nSPS) is 37.1. The van der Waals surface area contributed by atoms with Gasteiger partial charge in [-0.3, -0.25) is 0 Å². The highest BCUT2D eigenvalue weighted by Gasteiger charge is 2.47. The van der Waals surface area contributed by atoms with Crippen molar-refractivity contribution >= 4 is 0 Å². The van der Waals surface area contributed by atoms with Crippen molar-refractivity contribution in [3.05, 3.63) is 48.6 Å². The lowest BCUT2D eigenvalue weighted by Crippen LogP contribution is -2.48. The van der Waals surface area contributed by atoms with Crippen LogP contribution in [0, 0.1) is 11.8 Å². The molecule has 2 heteroatoms. The first kappa shape index (κ1) is 17.7. The van der Waals surface area contributed by atoms with Gasteiger partial charge in [-0.15, -0.1) is 6.58 Å². The van der Waals surface area contributed by atoms with E-state index in [1.54, 1.807) is 0 Å². The van der Waals surface area contributed by atoms with Crippen LogP contribution in [0.2, 0.25) is 0 Å². The molecule has 2 aliphatic rings. The smallest absolute Gasteiger partial charge is 0.0898 e. The van der Waals surface area contributed by atoms with Crippen molar-refractivity contribution < 1.29 is 9.84 Å². The van der Waals surface area contributed by atoms with Crippen molar-refractivity contribution in [1.82, 2.24) is 0 Å². The number of hydrogen-bond donors (Lipinski definition) is 1. The monoisotopic (exact) mass is 328 g/mol. The third-order valence-electron chi connectivity index (χ3n) is 6.73. The molecular formula is C22H32O2. The summed E-state index contributed by atoms with van der Waals surface area (Å²) in [7, 11) is 1.88. The largest absolute Gasteiger partial charge is 0.385 e. The minimum Gasteiger partial charge on any atom is -0.385 e. The van der Waals surface area contributed by atoms with E-state index in [1.165, 1.54) is 25.7 Å². The molecule has 0 radical (unpaired) electrons. The van der Waals surface area contributed by atoms with Crippen molar-refractivity contribution in [2.75, 3.05) is 7.11 Å². The Balaban J connectivity index is 1.65. The summed E-state index contributed by atoms with van der Waals surface area (Å²) in [5.74, 6) is 1.46. The number of benzene rings is 1. The van der Waals surface area contributed by atoms with Gasteiger partial charge in [-0.25, -0.2) is 0 Å². The molecule has 0 atom stereocenters. The molecule has 2 aliphatic carbocycles. The SMILES string of the molecule is C=CCC1CCC(C2(OC)CCC(O)(c3ccccc3)CC2)CC1. The Morgan fingerprint density at radius 2 is 1.71 bits per heavy atom. The van der Waals surface area contributed by atoms with Crippen molar-refractivity contribution in [1.29, 1.82) is 0 Å². The van der Waals surface area contributed by atoms with Crippen molar-refractivity contribution in [2.45, 2.75) is 69.0 Å². The lowest BCUT2D eigenvalue weighted by atomic mass is 9.64. The van der Waals surface area contributed by atoms with E-state index in [-0.39, 0.29) is 5.60 Å². The van der Waals surface area contributed by atoms with E-state index in [2.05, 4.69) is 24.8 Å². The molecule has 0 heterocycles. The third-order valence-corrected chi connectivity index (χ3v) is 6.73. The van der Waals surface area contributed by atoms with Gasteiger partial charge in [0.2, 0.25) is 0 Å². The molecule has 132 valence electrons. The molecule has 0 spiro atoms. The van der Waals surface area contributed by atoms with Gasteiger partial charge in [0.15, 0.2) is 0 Å². The molecule has 0 amide bonds. The van der Waals surface area contributed by atoms with Gasteiger partial charge >= 0.3 is 0 Å². The van der Waals surface area contributed by atoms with Gasteiger partial charge in [-0.05, 0) is 75.2 Å². The molecular weight excluding hydrogens is 296 g/mol. The summed E-state index contributed by atoms with van der Waals surface area (Å²) in [5, 5.41) is 11.1. The van der Waals surface area contributed by atoms with E-state index in [4.69, 9.17) is 4.74 Å². The lowest BCUT2D eigenvalue weighted by Gasteiger charge is -2.49. The molecule has 24 heavy (non-hydrogen) atoms. The van der Waals surface area contributed by atoms with Crippen LogP contribution < -0.4 is 0 Å². The minimum atomic E-state index is -0.677. The van der Waals surface area contributed by atoms with E-state index in [0.29, 0.717) is 5.92 Å². The summed E-state index contributed by atoms with van der Waals surface area (Å²) in [6, 6.07) is 10.2. The fourth-order valence-electron chi connectivity index (χ4n) is 5.06. The van der Waals surface area contributed by atoms with Gasteiger partial charge in [0.25, 0.3) is 0 Å². The highest BCUT2D eigenvalue weighted by atomic mass is 16.5. The number of hydrogen-bond acceptors (Lipinski definition) is 2. The highest BCUT2D eigenvalue weighted by Crippen LogP contribution is 2.50. The summed E-state index contributed by atoms with van der Waals surface area (Å²) in [6.45, 7) is 3.89. The van der Waals surface area contributed by atoms with Gasteiger partial charge in [-0.2, -0.15) is 0 Å². The number of methoxy groups -OCH3 is 1. The van der Waals surface area contributed by atoms with Gasteiger partial charge < -0.3 is 9.84 Å². The second-order valence-corrected chi connectivity index (χ2v) is 7.91. The Morgan fingerprint density at radius 3 is 2.25 bits per heavy atom. The molecule has 2 nitrogen and oxygen atoms in total. The summed E-state index contributed by atoms with van der Waals surface area (Å²) >= 11 is 0. The van der Waals surface area contributed by atoms with Gasteiger partial charge in [0, 0.05) is 7.11 Å². The van der Waals surface area contributed by atoms with E-state index in [9.17, 15) is 5.11 Å². The Hall–Kier alpha value is -1.12. The van der Waals surface area contributed by atoms with Gasteiger partial charge in [0.1, 0.15) is 0 Å². The molecule has 1 aromatic carbocycles. The quantitative estimate of drug-likeness (QED) is 0.751. The zero-order valence-corrected chi connectivity index (χ0v) is 15.0. The Morgan fingerprint density at radius 1 is 1.08 bits per heavy atom. The maximum Gasteiger partial charge on any atom is 0.0898 e. The molecule has 0 saturated heterocycles. The van der Waals surface area contributed by atoms with E-state index < -0.39 is 5.60 Å². The molecule has 1 aromatic rings. The topological polar surface area (TPSA) is 29.5 Å². The second kappa shape index (κ2) is 7.41. The highest BCUT2D eigenvalue weighted by molar-refractivity contribution is 5.23. The number of rotatable bonds is 5. The maximum absolute atomic E-state index is 11.1.